The highest BCUT2D eigenvalue weighted by molar-refractivity contribution is 7.87. The van der Waals surface area contributed by atoms with E-state index >= 15 is 0 Å². The van der Waals surface area contributed by atoms with Gasteiger partial charge in [0.05, 0.1) is 6.04 Å². The number of nitrogens with zero attached hydrogens (tertiary/aromatic N) is 3. The Morgan fingerprint density at radius 1 is 1.50 bits per heavy atom. The lowest BCUT2D eigenvalue weighted by Gasteiger charge is -2.45. The van der Waals surface area contributed by atoms with Crippen molar-refractivity contribution in [2.75, 3.05) is 5.73 Å². The number of aromatic nitrogens is 1. The van der Waals surface area contributed by atoms with Gasteiger partial charge in [-0.2, -0.15) is 8.42 Å². The monoisotopic (exact) mass is 451 g/mol. The smallest absolute Gasteiger partial charge is 0.360 e. The lowest BCUT2D eigenvalue weighted by Crippen LogP contribution is -2.70. The van der Waals surface area contributed by atoms with Crippen molar-refractivity contribution in [3.8, 4) is 0 Å². The molecule has 1 aliphatic heterocycles. The molecule has 1 amide bonds. The van der Waals surface area contributed by atoms with Gasteiger partial charge in [0, 0.05) is 5.38 Å². The van der Waals surface area contributed by atoms with Crippen molar-refractivity contribution < 1.29 is 32.5 Å². The van der Waals surface area contributed by atoms with E-state index in [9.17, 15) is 18.0 Å². The molecule has 0 bridgehead atoms. The minimum Gasteiger partial charge on any atom is -0.478 e. The zero-order valence-electron chi connectivity index (χ0n) is 14.8. The molecule has 2 rings (SSSR count). The average Bonchev–Trinajstić information content (AvgIpc) is 2.97. The fourth-order valence-corrected chi connectivity index (χ4v) is 4.25. The van der Waals surface area contributed by atoms with Gasteiger partial charge < -0.3 is 21.0 Å². The summed E-state index contributed by atoms with van der Waals surface area (Å²) in [6.45, 7) is 3.89. The summed E-state index contributed by atoms with van der Waals surface area (Å²) >= 11 is 5.95. The Morgan fingerprint density at radius 3 is 2.54 bits per heavy atom. The van der Waals surface area contributed by atoms with Crippen LogP contribution in [0.25, 0.3) is 0 Å². The van der Waals surface area contributed by atoms with Gasteiger partial charge in [0.25, 0.3) is 5.91 Å². The first kappa shape index (κ1) is 21.9. The maximum atomic E-state index is 12.7. The summed E-state index contributed by atoms with van der Waals surface area (Å²) in [6, 6.07) is -1.73. The number of hydrogen-bond donors (Lipinski definition) is 4. The van der Waals surface area contributed by atoms with E-state index in [-0.39, 0.29) is 21.5 Å². The summed E-state index contributed by atoms with van der Waals surface area (Å²) in [4.78, 5) is 32.5. The van der Waals surface area contributed by atoms with Crippen molar-refractivity contribution in [1.82, 2.24) is 14.6 Å². The van der Waals surface area contributed by atoms with Crippen LogP contribution in [0.2, 0.25) is 0 Å². The van der Waals surface area contributed by atoms with Crippen molar-refractivity contribution in [2.24, 2.45) is 5.16 Å². The molecule has 1 aromatic heterocycles. The van der Waals surface area contributed by atoms with Crippen LogP contribution in [-0.2, 0) is 24.7 Å². The van der Waals surface area contributed by atoms with E-state index in [4.69, 9.17) is 32.4 Å². The Labute approximate surface area is 169 Å². The third-order valence-electron chi connectivity index (χ3n) is 3.73. The molecule has 1 aliphatic rings. The summed E-state index contributed by atoms with van der Waals surface area (Å²) in [5.41, 5.74) is 3.49. The lowest BCUT2D eigenvalue weighted by molar-refractivity contribution is -0.161. The number of oxime groups is 1. The van der Waals surface area contributed by atoms with Crippen LogP contribution in [0.5, 0.6) is 0 Å². The first-order valence-electron chi connectivity index (χ1n) is 7.58. The van der Waals surface area contributed by atoms with E-state index in [1.54, 1.807) is 0 Å². The van der Waals surface area contributed by atoms with Crippen LogP contribution in [-0.4, -0.2) is 67.6 Å². The number of carboxylic acids is 1. The van der Waals surface area contributed by atoms with Crippen LogP contribution >= 0.6 is 23.6 Å². The summed E-state index contributed by atoms with van der Waals surface area (Å²) in [5.74, 6) is -2.16. The molecule has 0 aromatic carbocycles. The molecule has 15 heteroatoms. The van der Waals surface area contributed by atoms with Gasteiger partial charge in [0.1, 0.15) is 16.7 Å². The van der Waals surface area contributed by atoms with Crippen LogP contribution in [0.1, 0.15) is 26.5 Å². The second-order valence-electron chi connectivity index (χ2n) is 6.22. The minimum atomic E-state index is -4.55. The highest BCUT2D eigenvalue weighted by atomic mass is 32.2. The van der Waals surface area contributed by atoms with Gasteiger partial charge >= 0.3 is 16.3 Å². The quantitative estimate of drug-likeness (QED) is 0.184. The standard InChI is InChI=1S/C13H17N5O7S3/c1-5-7(10(26)18(5)28(22,23)24)16-9(19)8(6-4-27-12(14)15-6)17-25-13(2,3)11(20)21/h4-5,7H,1-3H3,(H2,14,15)(H,16,19)(H,20,21)(H,22,23,24)/b17-8-/t5-,7-/m0/s1. The van der Waals surface area contributed by atoms with Crippen molar-refractivity contribution in [1.29, 1.82) is 0 Å². The van der Waals surface area contributed by atoms with E-state index in [0.29, 0.717) is 4.31 Å². The molecule has 0 aliphatic carbocycles. The van der Waals surface area contributed by atoms with Crippen LogP contribution in [0, 0.1) is 0 Å². The van der Waals surface area contributed by atoms with Crippen LogP contribution in [0.4, 0.5) is 5.13 Å². The fraction of sp³-hybridized carbons (Fsp3) is 0.462. The molecular formula is C13H17N5O7S3. The largest absolute Gasteiger partial charge is 0.478 e. The first-order chi connectivity index (χ1) is 12.8. The number of rotatable bonds is 7. The predicted molar refractivity (Wildman–Crippen MR) is 103 cm³/mol. The second-order valence-corrected chi connectivity index (χ2v) is 8.82. The molecule has 28 heavy (non-hydrogen) atoms. The number of hydrogen-bond acceptors (Lipinski definition) is 10. The highest BCUT2D eigenvalue weighted by Gasteiger charge is 2.48. The van der Waals surface area contributed by atoms with E-state index in [1.807, 2.05) is 0 Å². The molecule has 0 spiro atoms. The van der Waals surface area contributed by atoms with Crippen LogP contribution in [0.3, 0.4) is 0 Å². The fourth-order valence-electron chi connectivity index (χ4n) is 2.11. The third kappa shape index (κ3) is 4.37. The molecule has 0 saturated carbocycles. The molecule has 2 heterocycles. The van der Waals surface area contributed by atoms with Gasteiger partial charge in [-0.25, -0.2) is 14.1 Å². The maximum absolute atomic E-state index is 12.7. The Bertz CT molecular complexity index is 955. The number of carboxylic acid groups (broad SMARTS) is 1. The topological polar surface area (TPSA) is 185 Å². The molecule has 0 radical (unpaired) electrons. The number of amides is 1. The Balaban J connectivity index is 2.26. The number of anilines is 1. The summed E-state index contributed by atoms with van der Waals surface area (Å²) < 4.78 is 32.2. The SMILES string of the molecule is C[C@H]1[C@H](NC(=O)/C(=N\OC(C)(C)C(=O)O)c2csc(N)n2)C(=S)N1S(=O)(=O)O. The number of carbonyl (C=O) groups is 2. The van der Waals surface area contributed by atoms with E-state index in [0.717, 1.165) is 11.3 Å². The molecule has 154 valence electrons. The van der Waals surface area contributed by atoms with Crippen LogP contribution in [0.15, 0.2) is 10.5 Å². The van der Waals surface area contributed by atoms with E-state index in [1.165, 1.54) is 26.2 Å². The third-order valence-corrected chi connectivity index (χ3v) is 6.00. The number of nitrogens with two attached hydrogens (primary N) is 1. The molecule has 1 saturated heterocycles. The Kier molecular flexibility index (Phi) is 5.93. The van der Waals surface area contributed by atoms with Gasteiger partial charge in [-0.15, -0.1) is 11.3 Å². The average molecular weight is 452 g/mol. The van der Waals surface area contributed by atoms with Gasteiger partial charge in [-0.3, -0.25) is 9.35 Å². The van der Waals surface area contributed by atoms with Crippen molar-refractivity contribution in [3.05, 3.63) is 11.1 Å². The molecule has 2 atom stereocenters. The molecule has 12 nitrogen and oxygen atoms in total. The number of thiazole rings is 1. The zero-order chi connectivity index (χ0) is 21.4. The summed E-state index contributed by atoms with van der Waals surface area (Å²) in [5, 5.41) is 16.7. The molecule has 5 N–H and O–H groups in total. The van der Waals surface area contributed by atoms with Crippen molar-refractivity contribution in [2.45, 2.75) is 38.5 Å². The first-order valence-corrected chi connectivity index (χ1v) is 10.3. The Morgan fingerprint density at radius 2 is 2.11 bits per heavy atom. The normalized spacial score (nSPS) is 20.5. The number of nitrogen functional groups attached to an aromatic ring is 1. The second kappa shape index (κ2) is 7.57. The maximum Gasteiger partial charge on any atom is 0.360 e. The number of aliphatic carboxylic acids is 1. The van der Waals surface area contributed by atoms with Gasteiger partial charge in [0.2, 0.25) is 5.60 Å². The van der Waals surface area contributed by atoms with Gasteiger partial charge in [-0.05, 0) is 20.8 Å². The Hall–Kier alpha value is -2.36. The zero-order valence-corrected chi connectivity index (χ0v) is 17.3. The van der Waals surface area contributed by atoms with Crippen molar-refractivity contribution in [3.63, 3.8) is 0 Å². The van der Waals surface area contributed by atoms with E-state index in [2.05, 4.69) is 15.5 Å². The molecule has 1 aromatic rings. The van der Waals surface area contributed by atoms with Gasteiger partial charge in [-0.1, -0.05) is 17.4 Å². The highest BCUT2D eigenvalue weighted by Crippen LogP contribution is 2.25. The minimum absolute atomic E-state index is 0.0331. The molecular weight excluding hydrogens is 434 g/mol. The number of nitrogens with one attached hydrogen (secondary N) is 1. The van der Waals surface area contributed by atoms with Crippen molar-refractivity contribution >= 4 is 61.6 Å². The summed E-state index contributed by atoms with van der Waals surface area (Å²) in [6.07, 6.45) is 0. The number of thiocarbonyl (C=S) groups is 1. The summed E-state index contributed by atoms with van der Waals surface area (Å²) in [7, 11) is -4.55. The van der Waals surface area contributed by atoms with Crippen LogP contribution < -0.4 is 11.1 Å². The predicted octanol–water partition coefficient (Wildman–Crippen LogP) is -0.372. The lowest BCUT2D eigenvalue weighted by atomic mass is 10.0. The molecule has 0 unspecified atom stereocenters. The van der Waals surface area contributed by atoms with Gasteiger partial charge in [0.15, 0.2) is 10.8 Å². The van der Waals surface area contributed by atoms with E-state index < -0.39 is 39.9 Å². The molecule has 1 fully saturated rings. The number of carbonyl (C=O) groups excluding carboxylic acids is 1.